The summed E-state index contributed by atoms with van der Waals surface area (Å²) in [6.45, 7) is 1.73. The second-order valence-electron chi connectivity index (χ2n) is 6.25. The third kappa shape index (κ3) is 3.99. The van der Waals surface area contributed by atoms with E-state index < -0.39 is 0 Å². The van der Waals surface area contributed by atoms with Crippen molar-refractivity contribution in [1.82, 2.24) is 15.1 Å². The summed E-state index contributed by atoms with van der Waals surface area (Å²) in [5, 5.41) is 7.49. The van der Waals surface area contributed by atoms with Crippen molar-refractivity contribution in [2.75, 3.05) is 20.8 Å². The number of rotatable bonds is 7. The van der Waals surface area contributed by atoms with Gasteiger partial charge in [0.2, 0.25) is 5.91 Å². The third-order valence-corrected chi connectivity index (χ3v) is 4.65. The van der Waals surface area contributed by atoms with Crippen LogP contribution < -0.4 is 14.8 Å². The number of ether oxygens (including phenoxy) is 3. The predicted octanol–water partition coefficient (Wildman–Crippen LogP) is 1.76. The molecule has 140 valence electrons. The van der Waals surface area contributed by atoms with Crippen LogP contribution in [0.3, 0.4) is 0 Å². The molecule has 0 fully saturated rings. The van der Waals surface area contributed by atoms with Crippen LogP contribution in [0, 0.1) is 0 Å². The van der Waals surface area contributed by atoms with Crippen molar-refractivity contribution in [3.63, 3.8) is 0 Å². The summed E-state index contributed by atoms with van der Waals surface area (Å²) in [5.41, 5.74) is 4.22. The molecule has 0 saturated carbocycles. The number of fused-ring (bicyclic) bond motifs is 1. The molecule has 0 aliphatic carbocycles. The normalized spacial score (nSPS) is 13.2. The fourth-order valence-electron chi connectivity index (χ4n) is 3.20. The Morgan fingerprint density at radius 1 is 1.35 bits per heavy atom. The molecule has 1 aromatic carbocycles. The number of methoxy groups -OCH3 is 2. The number of benzene rings is 1. The number of nitrogens with one attached hydrogen (secondary N) is 1. The molecular weight excluding hydrogens is 334 g/mol. The highest BCUT2D eigenvalue weighted by Gasteiger charge is 2.20. The van der Waals surface area contributed by atoms with Gasteiger partial charge in [0.1, 0.15) is 11.5 Å². The minimum absolute atomic E-state index is 0.0148. The fourth-order valence-corrected chi connectivity index (χ4v) is 3.20. The Morgan fingerprint density at radius 2 is 2.19 bits per heavy atom. The van der Waals surface area contributed by atoms with Crippen molar-refractivity contribution in [3.05, 3.63) is 40.7 Å². The van der Waals surface area contributed by atoms with Gasteiger partial charge in [-0.2, -0.15) is 5.10 Å². The van der Waals surface area contributed by atoms with Crippen LogP contribution in [-0.2, 0) is 42.6 Å². The van der Waals surface area contributed by atoms with Crippen LogP contribution in [0.4, 0.5) is 0 Å². The number of carbonyl (C=O) groups is 1. The summed E-state index contributed by atoms with van der Waals surface area (Å²) in [4.78, 5) is 12.2. The van der Waals surface area contributed by atoms with Gasteiger partial charge in [0.15, 0.2) is 0 Å². The van der Waals surface area contributed by atoms with Gasteiger partial charge in [-0.05, 0) is 12.1 Å². The van der Waals surface area contributed by atoms with Crippen LogP contribution in [0.2, 0.25) is 0 Å². The number of nitrogens with zero attached hydrogens (tertiary/aromatic N) is 2. The van der Waals surface area contributed by atoms with Gasteiger partial charge in [-0.25, -0.2) is 0 Å². The minimum Gasteiger partial charge on any atom is -0.497 e. The van der Waals surface area contributed by atoms with Crippen molar-refractivity contribution in [2.45, 2.75) is 32.4 Å². The summed E-state index contributed by atoms with van der Waals surface area (Å²) in [6, 6.07) is 5.55. The lowest BCUT2D eigenvalue weighted by Crippen LogP contribution is -2.23. The Kier molecular flexibility index (Phi) is 5.78. The van der Waals surface area contributed by atoms with Crippen molar-refractivity contribution in [3.8, 4) is 11.5 Å². The van der Waals surface area contributed by atoms with E-state index in [0.29, 0.717) is 31.7 Å². The van der Waals surface area contributed by atoms with Gasteiger partial charge in [-0.1, -0.05) is 0 Å². The monoisotopic (exact) mass is 359 g/mol. The zero-order chi connectivity index (χ0) is 18.5. The smallest absolute Gasteiger partial charge is 0.220 e. The molecule has 0 saturated heterocycles. The zero-order valence-corrected chi connectivity index (χ0v) is 15.5. The number of aryl methyl sites for hydroxylation is 2. The SMILES string of the molecule is COc1ccc(CNC(=O)CCc2nn(C)c3c2COCC3)c(OC)c1. The zero-order valence-electron chi connectivity index (χ0n) is 15.5. The minimum atomic E-state index is -0.0148. The summed E-state index contributed by atoms with van der Waals surface area (Å²) >= 11 is 0. The highest BCUT2D eigenvalue weighted by Crippen LogP contribution is 2.24. The van der Waals surface area contributed by atoms with E-state index in [4.69, 9.17) is 14.2 Å². The molecule has 0 spiro atoms. The second kappa shape index (κ2) is 8.23. The molecule has 2 aromatic rings. The lowest BCUT2D eigenvalue weighted by molar-refractivity contribution is -0.121. The van der Waals surface area contributed by atoms with Gasteiger partial charge in [-0.15, -0.1) is 0 Å². The van der Waals surface area contributed by atoms with Crippen LogP contribution in [0.1, 0.15) is 28.9 Å². The topological polar surface area (TPSA) is 74.6 Å². The molecule has 1 aliphatic heterocycles. The lowest BCUT2D eigenvalue weighted by atomic mass is 10.1. The Labute approximate surface area is 153 Å². The van der Waals surface area contributed by atoms with E-state index in [1.54, 1.807) is 14.2 Å². The van der Waals surface area contributed by atoms with E-state index >= 15 is 0 Å². The summed E-state index contributed by atoms with van der Waals surface area (Å²) in [5.74, 6) is 1.40. The van der Waals surface area contributed by atoms with Crippen LogP contribution in [0.5, 0.6) is 11.5 Å². The van der Waals surface area contributed by atoms with Crippen LogP contribution in [0.15, 0.2) is 18.2 Å². The average Bonchev–Trinajstić information content (AvgIpc) is 3.00. The predicted molar refractivity (Wildman–Crippen MR) is 96.3 cm³/mol. The molecule has 1 N–H and O–H groups in total. The van der Waals surface area contributed by atoms with Crippen molar-refractivity contribution in [2.24, 2.45) is 7.05 Å². The molecule has 7 nitrogen and oxygen atoms in total. The van der Waals surface area contributed by atoms with E-state index in [1.807, 2.05) is 29.9 Å². The molecule has 1 aliphatic rings. The van der Waals surface area contributed by atoms with Crippen molar-refractivity contribution < 1.29 is 19.0 Å². The largest absolute Gasteiger partial charge is 0.497 e. The maximum absolute atomic E-state index is 12.2. The molecule has 1 amide bonds. The lowest BCUT2D eigenvalue weighted by Gasteiger charge is -2.13. The summed E-state index contributed by atoms with van der Waals surface area (Å²) in [7, 11) is 5.16. The van der Waals surface area contributed by atoms with Gasteiger partial charge in [0, 0.05) is 55.7 Å². The van der Waals surface area contributed by atoms with Gasteiger partial charge in [0.05, 0.1) is 33.1 Å². The Balaban J connectivity index is 1.55. The highest BCUT2D eigenvalue weighted by molar-refractivity contribution is 5.76. The Bertz CT molecular complexity index is 785. The Hall–Kier alpha value is -2.54. The highest BCUT2D eigenvalue weighted by atomic mass is 16.5. The molecule has 3 rings (SSSR count). The maximum Gasteiger partial charge on any atom is 0.220 e. The van der Waals surface area contributed by atoms with Crippen LogP contribution in [-0.4, -0.2) is 36.5 Å². The molecule has 1 aromatic heterocycles. The molecule has 0 atom stereocenters. The van der Waals surface area contributed by atoms with Crippen molar-refractivity contribution in [1.29, 1.82) is 0 Å². The van der Waals surface area contributed by atoms with Crippen molar-refractivity contribution >= 4 is 5.91 Å². The van der Waals surface area contributed by atoms with Gasteiger partial charge < -0.3 is 19.5 Å². The Morgan fingerprint density at radius 3 is 2.96 bits per heavy atom. The first-order valence-corrected chi connectivity index (χ1v) is 8.71. The van der Waals surface area contributed by atoms with Gasteiger partial charge in [0.25, 0.3) is 0 Å². The quantitative estimate of drug-likeness (QED) is 0.815. The second-order valence-corrected chi connectivity index (χ2v) is 6.25. The number of amides is 1. The molecule has 2 heterocycles. The molecule has 0 radical (unpaired) electrons. The van der Waals surface area contributed by atoms with E-state index in [9.17, 15) is 4.79 Å². The van der Waals surface area contributed by atoms with E-state index in [2.05, 4.69) is 10.4 Å². The maximum atomic E-state index is 12.2. The van der Waals surface area contributed by atoms with Gasteiger partial charge >= 0.3 is 0 Å². The number of hydrogen-bond acceptors (Lipinski definition) is 5. The molecule has 0 unspecified atom stereocenters. The van der Waals surface area contributed by atoms with Crippen LogP contribution in [0.25, 0.3) is 0 Å². The van der Waals surface area contributed by atoms with E-state index in [1.165, 1.54) is 5.69 Å². The third-order valence-electron chi connectivity index (χ3n) is 4.65. The average molecular weight is 359 g/mol. The molecule has 7 heteroatoms. The number of hydrogen-bond donors (Lipinski definition) is 1. The van der Waals surface area contributed by atoms with E-state index in [0.717, 1.165) is 35.6 Å². The first-order chi connectivity index (χ1) is 12.6. The molecule has 26 heavy (non-hydrogen) atoms. The first kappa shape index (κ1) is 18.3. The van der Waals surface area contributed by atoms with Crippen LogP contribution >= 0.6 is 0 Å². The standard InChI is InChI=1S/C19H25N3O4/c1-22-17-8-9-26-12-15(17)16(21-22)6-7-19(23)20-11-13-4-5-14(24-2)10-18(13)25-3/h4-5,10H,6-9,11-12H2,1-3H3,(H,20,23). The fraction of sp³-hybridized carbons (Fsp3) is 0.474. The van der Waals surface area contributed by atoms with Gasteiger partial charge in [-0.3, -0.25) is 9.48 Å². The summed E-state index contributed by atoms with van der Waals surface area (Å²) < 4.78 is 18.0. The number of carbonyl (C=O) groups excluding carboxylic acids is 1. The number of aromatic nitrogens is 2. The first-order valence-electron chi connectivity index (χ1n) is 8.71. The summed E-state index contributed by atoms with van der Waals surface area (Å²) in [6.07, 6.45) is 1.88. The molecular formula is C19H25N3O4. The molecule has 0 bridgehead atoms. The van der Waals surface area contributed by atoms with E-state index in [-0.39, 0.29) is 5.91 Å².